The van der Waals surface area contributed by atoms with Gasteiger partial charge in [-0.1, -0.05) is 6.07 Å². The first-order chi connectivity index (χ1) is 10.0. The normalized spacial score (nSPS) is 12.5. The quantitative estimate of drug-likeness (QED) is 0.672. The van der Waals surface area contributed by atoms with Crippen LogP contribution in [-0.4, -0.2) is 9.97 Å². The third-order valence-electron chi connectivity index (χ3n) is 3.27. The standard InChI is InChI=1S/C15H15BrN4S/c1-8-3-10(5-11(17)4-8)9(2)20-14-12-6-13(16)21-15(12)19-7-18-14/h3-7,9H,17H2,1-2H3,(H,18,19,20)/t9-/m1/s1. The van der Waals surface area contributed by atoms with E-state index in [-0.39, 0.29) is 6.04 Å². The van der Waals surface area contributed by atoms with Gasteiger partial charge in [-0.05, 0) is 59.1 Å². The van der Waals surface area contributed by atoms with Gasteiger partial charge in [-0.25, -0.2) is 9.97 Å². The summed E-state index contributed by atoms with van der Waals surface area (Å²) in [5.74, 6) is 0.842. The number of nitrogen functional groups attached to an aromatic ring is 1. The summed E-state index contributed by atoms with van der Waals surface area (Å²) in [7, 11) is 0. The smallest absolute Gasteiger partial charge is 0.138 e. The maximum absolute atomic E-state index is 5.93. The first kappa shape index (κ1) is 14.3. The lowest BCUT2D eigenvalue weighted by molar-refractivity contribution is 0.875. The van der Waals surface area contributed by atoms with E-state index in [0.717, 1.165) is 36.6 Å². The van der Waals surface area contributed by atoms with Crippen LogP contribution >= 0.6 is 27.3 Å². The molecule has 1 aromatic carbocycles. The van der Waals surface area contributed by atoms with Crippen molar-refractivity contribution in [2.75, 3.05) is 11.1 Å². The van der Waals surface area contributed by atoms with Crippen LogP contribution in [0.5, 0.6) is 0 Å². The Balaban J connectivity index is 1.94. The minimum Gasteiger partial charge on any atom is -0.399 e. The van der Waals surface area contributed by atoms with E-state index < -0.39 is 0 Å². The molecule has 21 heavy (non-hydrogen) atoms. The van der Waals surface area contributed by atoms with E-state index in [1.54, 1.807) is 17.7 Å². The van der Waals surface area contributed by atoms with E-state index >= 15 is 0 Å². The Hall–Kier alpha value is -1.66. The summed E-state index contributed by atoms with van der Waals surface area (Å²) >= 11 is 5.10. The second kappa shape index (κ2) is 5.61. The number of nitrogens with two attached hydrogens (primary N) is 1. The van der Waals surface area contributed by atoms with Crippen molar-refractivity contribution in [3.05, 3.63) is 45.5 Å². The number of benzene rings is 1. The van der Waals surface area contributed by atoms with Crippen molar-refractivity contribution in [3.8, 4) is 0 Å². The Morgan fingerprint density at radius 1 is 1.24 bits per heavy atom. The Labute approximate surface area is 135 Å². The van der Waals surface area contributed by atoms with Crippen LogP contribution in [-0.2, 0) is 0 Å². The van der Waals surface area contributed by atoms with Crippen molar-refractivity contribution in [1.82, 2.24) is 9.97 Å². The molecular formula is C15H15BrN4S. The molecule has 0 spiro atoms. The van der Waals surface area contributed by atoms with Crippen LogP contribution in [0.1, 0.15) is 24.1 Å². The number of anilines is 2. The highest BCUT2D eigenvalue weighted by molar-refractivity contribution is 9.11. The summed E-state index contributed by atoms with van der Waals surface area (Å²) in [5.41, 5.74) is 9.01. The monoisotopic (exact) mass is 362 g/mol. The molecule has 0 amide bonds. The van der Waals surface area contributed by atoms with Gasteiger partial charge in [0.1, 0.15) is 17.0 Å². The molecule has 0 unspecified atom stereocenters. The summed E-state index contributed by atoms with van der Waals surface area (Å²) in [6, 6.07) is 8.25. The molecule has 3 rings (SSSR count). The fourth-order valence-electron chi connectivity index (χ4n) is 2.32. The molecule has 0 saturated heterocycles. The first-order valence-corrected chi connectivity index (χ1v) is 8.17. The molecule has 0 aliphatic rings. The lowest BCUT2D eigenvalue weighted by atomic mass is 10.0. The topological polar surface area (TPSA) is 63.8 Å². The number of nitrogens with one attached hydrogen (secondary N) is 1. The Morgan fingerprint density at radius 3 is 2.81 bits per heavy atom. The number of rotatable bonds is 3. The zero-order valence-electron chi connectivity index (χ0n) is 11.7. The van der Waals surface area contributed by atoms with Crippen LogP contribution in [0.25, 0.3) is 10.2 Å². The second-order valence-corrected chi connectivity index (χ2v) is 7.44. The summed E-state index contributed by atoms with van der Waals surface area (Å²) in [4.78, 5) is 9.62. The number of fused-ring (bicyclic) bond motifs is 1. The number of aromatic nitrogens is 2. The second-order valence-electron chi connectivity index (χ2n) is 5.03. The van der Waals surface area contributed by atoms with Gasteiger partial charge in [0.15, 0.2) is 0 Å². The molecule has 0 aliphatic heterocycles. The van der Waals surface area contributed by atoms with Crippen molar-refractivity contribution in [3.63, 3.8) is 0 Å². The number of aryl methyl sites for hydroxylation is 1. The van der Waals surface area contributed by atoms with Gasteiger partial charge >= 0.3 is 0 Å². The van der Waals surface area contributed by atoms with E-state index in [9.17, 15) is 0 Å². The van der Waals surface area contributed by atoms with Gasteiger partial charge < -0.3 is 11.1 Å². The van der Waals surface area contributed by atoms with Crippen molar-refractivity contribution in [1.29, 1.82) is 0 Å². The van der Waals surface area contributed by atoms with E-state index in [1.807, 2.05) is 25.1 Å². The number of hydrogen-bond acceptors (Lipinski definition) is 5. The number of nitrogens with zero attached hydrogens (tertiary/aromatic N) is 2. The van der Waals surface area contributed by atoms with E-state index in [0.29, 0.717) is 0 Å². The molecular weight excluding hydrogens is 348 g/mol. The molecule has 2 heterocycles. The molecule has 108 valence electrons. The third-order valence-corrected chi connectivity index (χ3v) is 4.82. The Bertz CT molecular complexity index is 779. The molecule has 4 nitrogen and oxygen atoms in total. The van der Waals surface area contributed by atoms with Crippen LogP contribution in [0.15, 0.2) is 34.4 Å². The average Bonchev–Trinajstić information content (AvgIpc) is 2.79. The predicted molar refractivity (Wildman–Crippen MR) is 92.7 cm³/mol. The fraction of sp³-hybridized carbons (Fsp3) is 0.200. The predicted octanol–water partition coefficient (Wildman–Crippen LogP) is 4.52. The minimum absolute atomic E-state index is 0.115. The number of thiophene rings is 1. The SMILES string of the molecule is Cc1cc(N)cc([C@@H](C)Nc2ncnc3sc(Br)cc23)c1. The summed E-state index contributed by atoms with van der Waals surface area (Å²) in [5, 5.41) is 4.48. The highest BCUT2D eigenvalue weighted by Crippen LogP contribution is 2.33. The van der Waals surface area contributed by atoms with Gasteiger partial charge in [-0.2, -0.15) is 0 Å². The Morgan fingerprint density at radius 2 is 2.05 bits per heavy atom. The first-order valence-electron chi connectivity index (χ1n) is 6.56. The van der Waals surface area contributed by atoms with E-state index in [1.165, 1.54) is 0 Å². The molecule has 1 atom stereocenters. The number of halogens is 1. The van der Waals surface area contributed by atoms with Crippen molar-refractivity contribution < 1.29 is 0 Å². The third kappa shape index (κ3) is 3.01. The van der Waals surface area contributed by atoms with Crippen molar-refractivity contribution >= 4 is 49.0 Å². The van der Waals surface area contributed by atoms with Gasteiger partial charge in [0.2, 0.25) is 0 Å². The molecule has 3 N–H and O–H groups in total. The maximum atomic E-state index is 5.93. The van der Waals surface area contributed by atoms with Crippen LogP contribution in [0.4, 0.5) is 11.5 Å². The summed E-state index contributed by atoms with van der Waals surface area (Å²) < 4.78 is 1.05. The maximum Gasteiger partial charge on any atom is 0.138 e. The number of hydrogen-bond donors (Lipinski definition) is 2. The molecule has 0 aliphatic carbocycles. The van der Waals surface area contributed by atoms with Gasteiger partial charge in [0.05, 0.1) is 15.2 Å². The van der Waals surface area contributed by atoms with Gasteiger partial charge in [-0.3, -0.25) is 0 Å². The van der Waals surface area contributed by atoms with Gasteiger partial charge in [0, 0.05) is 5.69 Å². The summed E-state index contributed by atoms with van der Waals surface area (Å²) in [6.07, 6.45) is 1.59. The lowest BCUT2D eigenvalue weighted by Crippen LogP contribution is -2.09. The molecule has 0 fully saturated rings. The zero-order valence-corrected chi connectivity index (χ0v) is 14.1. The van der Waals surface area contributed by atoms with Crippen LogP contribution in [0.2, 0.25) is 0 Å². The van der Waals surface area contributed by atoms with Crippen LogP contribution in [0, 0.1) is 6.92 Å². The van der Waals surface area contributed by atoms with E-state index in [2.05, 4.69) is 44.2 Å². The molecule has 0 saturated carbocycles. The van der Waals surface area contributed by atoms with Gasteiger partial charge in [-0.15, -0.1) is 11.3 Å². The molecule has 0 radical (unpaired) electrons. The molecule has 0 bridgehead atoms. The fourth-order valence-corrected chi connectivity index (χ4v) is 3.74. The average molecular weight is 363 g/mol. The van der Waals surface area contributed by atoms with Crippen molar-refractivity contribution in [2.45, 2.75) is 19.9 Å². The minimum atomic E-state index is 0.115. The highest BCUT2D eigenvalue weighted by Gasteiger charge is 2.12. The van der Waals surface area contributed by atoms with Crippen LogP contribution < -0.4 is 11.1 Å². The Kier molecular flexibility index (Phi) is 3.82. The molecule has 3 aromatic rings. The lowest BCUT2D eigenvalue weighted by Gasteiger charge is -2.16. The largest absolute Gasteiger partial charge is 0.399 e. The molecule has 2 aromatic heterocycles. The molecule has 6 heteroatoms. The van der Waals surface area contributed by atoms with Gasteiger partial charge in [0.25, 0.3) is 0 Å². The summed E-state index contributed by atoms with van der Waals surface area (Å²) in [6.45, 7) is 4.15. The zero-order chi connectivity index (χ0) is 15.0. The highest BCUT2D eigenvalue weighted by atomic mass is 79.9. The van der Waals surface area contributed by atoms with Crippen LogP contribution in [0.3, 0.4) is 0 Å². The van der Waals surface area contributed by atoms with Crippen molar-refractivity contribution in [2.24, 2.45) is 0 Å². The van der Waals surface area contributed by atoms with E-state index in [4.69, 9.17) is 5.73 Å².